The molecule has 0 aliphatic rings. The zero-order valence-electron chi connectivity index (χ0n) is 12.9. The maximum absolute atomic E-state index is 10.7. The van der Waals surface area contributed by atoms with Crippen LogP contribution in [0.2, 0.25) is 0 Å². The first-order chi connectivity index (χ1) is 11.1. The normalized spacial score (nSPS) is 11.2. The van der Waals surface area contributed by atoms with E-state index in [9.17, 15) is 4.79 Å². The molecule has 0 fully saturated rings. The number of benzene rings is 1. The number of hydrogen-bond acceptors (Lipinski definition) is 3. The summed E-state index contributed by atoms with van der Waals surface area (Å²) in [5.41, 5.74) is 12.2. The fourth-order valence-electron chi connectivity index (χ4n) is 2.68. The third-order valence-corrected chi connectivity index (χ3v) is 3.69. The highest BCUT2D eigenvalue weighted by Gasteiger charge is 2.10. The van der Waals surface area contributed by atoms with Crippen LogP contribution in [0.4, 0.5) is 4.79 Å². The molecular weight excluding hydrogens is 290 g/mol. The van der Waals surface area contributed by atoms with E-state index in [4.69, 9.17) is 5.73 Å². The molecule has 1 aromatic carbocycles. The number of nitrogens with two attached hydrogens (primary N) is 1. The number of fused-ring (bicyclic) bond motifs is 1. The summed E-state index contributed by atoms with van der Waals surface area (Å²) in [5.74, 6) is 0. The SMILES string of the molecule is Cc1cc(/C=N\NC(N)=O)c(C)n1-c1ccc2ncccc2c1. The van der Waals surface area contributed by atoms with Gasteiger partial charge in [-0.1, -0.05) is 6.07 Å². The number of nitrogens with one attached hydrogen (secondary N) is 1. The lowest BCUT2D eigenvalue weighted by Gasteiger charge is -2.10. The average Bonchev–Trinajstić information content (AvgIpc) is 2.81. The number of hydrogen-bond donors (Lipinski definition) is 2. The van der Waals surface area contributed by atoms with Crippen LogP contribution in [-0.2, 0) is 0 Å². The Labute approximate surface area is 133 Å². The van der Waals surface area contributed by atoms with Crippen molar-refractivity contribution in [1.82, 2.24) is 15.0 Å². The standard InChI is InChI=1S/C17H17N5O/c1-11-8-14(10-20-21-17(18)23)12(2)22(11)15-5-6-16-13(9-15)4-3-7-19-16/h3-10H,1-2H3,(H3,18,21,23)/b20-10-. The van der Waals surface area contributed by atoms with Crippen LogP contribution in [0.15, 0.2) is 47.7 Å². The number of carbonyl (C=O) groups excluding carboxylic acids is 1. The Hall–Kier alpha value is -3.15. The molecule has 116 valence electrons. The van der Waals surface area contributed by atoms with Gasteiger partial charge in [0, 0.05) is 34.2 Å². The number of carbonyl (C=O) groups is 1. The summed E-state index contributed by atoms with van der Waals surface area (Å²) in [7, 11) is 0. The van der Waals surface area contributed by atoms with E-state index in [2.05, 4.69) is 26.1 Å². The smallest absolute Gasteiger partial charge is 0.332 e. The molecule has 6 nitrogen and oxygen atoms in total. The Morgan fingerprint density at radius 1 is 1.30 bits per heavy atom. The molecule has 0 aliphatic heterocycles. The quantitative estimate of drug-likeness (QED) is 0.576. The Balaban J connectivity index is 2.03. The minimum Gasteiger partial charge on any atom is -0.350 e. The molecular formula is C17H17N5O. The van der Waals surface area contributed by atoms with Gasteiger partial charge < -0.3 is 10.3 Å². The largest absolute Gasteiger partial charge is 0.350 e. The molecule has 0 saturated heterocycles. The Kier molecular flexibility index (Phi) is 3.80. The van der Waals surface area contributed by atoms with E-state index in [-0.39, 0.29) is 0 Å². The van der Waals surface area contributed by atoms with Crippen LogP contribution in [0, 0.1) is 13.8 Å². The number of hydrazone groups is 1. The second-order valence-corrected chi connectivity index (χ2v) is 5.28. The van der Waals surface area contributed by atoms with Gasteiger partial charge in [0.1, 0.15) is 0 Å². The van der Waals surface area contributed by atoms with Crippen molar-refractivity contribution in [3.63, 3.8) is 0 Å². The summed E-state index contributed by atoms with van der Waals surface area (Å²) < 4.78 is 2.14. The zero-order valence-corrected chi connectivity index (χ0v) is 12.9. The zero-order chi connectivity index (χ0) is 16.4. The summed E-state index contributed by atoms with van der Waals surface area (Å²) in [6.45, 7) is 4.03. The van der Waals surface area contributed by atoms with E-state index < -0.39 is 6.03 Å². The van der Waals surface area contributed by atoms with Gasteiger partial charge >= 0.3 is 6.03 Å². The van der Waals surface area contributed by atoms with Crippen molar-refractivity contribution in [3.8, 4) is 5.69 Å². The number of amides is 2. The van der Waals surface area contributed by atoms with Gasteiger partial charge in [-0.2, -0.15) is 5.10 Å². The molecule has 0 radical (unpaired) electrons. The van der Waals surface area contributed by atoms with Gasteiger partial charge in [-0.3, -0.25) is 4.98 Å². The van der Waals surface area contributed by atoms with Crippen molar-refractivity contribution in [1.29, 1.82) is 0 Å². The number of pyridine rings is 1. The van der Waals surface area contributed by atoms with Gasteiger partial charge in [-0.05, 0) is 44.2 Å². The van der Waals surface area contributed by atoms with Crippen molar-refractivity contribution in [2.75, 3.05) is 0 Å². The third-order valence-electron chi connectivity index (χ3n) is 3.69. The molecule has 3 N–H and O–H groups in total. The monoisotopic (exact) mass is 307 g/mol. The van der Waals surface area contributed by atoms with Crippen molar-refractivity contribution in [2.24, 2.45) is 10.8 Å². The highest BCUT2D eigenvalue weighted by Crippen LogP contribution is 2.22. The van der Waals surface area contributed by atoms with E-state index in [1.165, 1.54) is 0 Å². The molecule has 0 unspecified atom stereocenters. The number of urea groups is 1. The van der Waals surface area contributed by atoms with E-state index in [0.717, 1.165) is 33.5 Å². The lowest BCUT2D eigenvalue weighted by molar-refractivity contribution is 0.249. The molecule has 0 aliphatic carbocycles. The Bertz CT molecular complexity index is 910. The fraction of sp³-hybridized carbons (Fsp3) is 0.118. The summed E-state index contributed by atoms with van der Waals surface area (Å²) in [6, 6.07) is 11.4. The predicted octanol–water partition coefficient (Wildman–Crippen LogP) is 2.64. The van der Waals surface area contributed by atoms with Crippen LogP contribution in [0.25, 0.3) is 16.6 Å². The van der Waals surface area contributed by atoms with Crippen LogP contribution < -0.4 is 11.2 Å². The van der Waals surface area contributed by atoms with E-state index in [1.54, 1.807) is 12.4 Å². The van der Waals surface area contributed by atoms with Crippen LogP contribution in [-0.4, -0.2) is 21.8 Å². The lowest BCUT2D eigenvalue weighted by Crippen LogP contribution is -2.24. The number of nitrogens with zero attached hydrogens (tertiary/aromatic N) is 3. The fourth-order valence-corrected chi connectivity index (χ4v) is 2.68. The number of aryl methyl sites for hydroxylation is 1. The molecule has 0 bridgehead atoms. The minimum atomic E-state index is -0.683. The van der Waals surface area contributed by atoms with Gasteiger partial charge in [-0.25, -0.2) is 10.2 Å². The minimum absolute atomic E-state index is 0.683. The Morgan fingerprint density at radius 2 is 2.13 bits per heavy atom. The van der Waals surface area contributed by atoms with E-state index in [1.807, 2.05) is 44.2 Å². The first-order valence-electron chi connectivity index (χ1n) is 7.19. The van der Waals surface area contributed by atoms with Crippen molar-refractivity contribution in [2.45, 2.75) is 13.8 Å². The molecule has 3 aromatic rings. The molecule has 0 atom stereocenters. The van der Waals surface area contributed by atoms with Crippen LogP contribution in [0.3, 0.4) is 0 Å². The molecule has 0 saturated carbocycles. The topological polar surface area (TPSA) is 85.3 Å². The van der Waals surface area contributed by atoms with Crippen molar-refractivity contribution in [3.05, 3.63) is 59.5 Å². The van der Waals surface area contributed by atoms with Crippen molar-refractivity contribution >= 4 is 23.1 Å². The molecule has 3 rings (SSSR count). The second kappa shape index (κ2) is 5.92. The lowest BCUT2D eigenvalue weighted by atomic mass is 10.2. The van der Waals surface area contributed by atoms with Crippen LogP contribution in [0.5, 0.6) is 0 Å². The van der Waals surface area contributed by atoms with E-state index >= 15 is 0 Å². The first-order valence-corrected chi connectivity index (χ1v) is 7.19. The number of rotatable bonds is 3. The van der Waals surface area contributed by atoms with Gasteiger partial charge in [0.15, 0.2) is 0 Å². The maximum Gasteiger partial charge on any atom is 0.332 e. The first kappa shape index (κ1) is 14.8. The molecule has 6 heteroatoms. The summed E-state index contributed by atoms with van der Waals surface area (Å²) >= 11 is 0. The van der Waals surface area contributed by atoms with Crippen molar-refractivity contribution < 1.29 is 4.79 Å². The van der Waals surface area contributed by atoms with Gasteiger partial charge in [-0.15, -0.1) is 0 Å². The number of primary amides is 1. The van der Waals surface area contributed by atoms with E-state index in [0.29, 0.717) is 0 Å². The third kappa shape index (κ3) is 2.91. The number of aromatic nitrogens is 2. The predicted molar refractivity (Wildman–Crippen MR) is 90.9 cm³/mol. The van der Waals surface area contributed by atoms with Gasteiger partial charge in [0.2, 0.25) is 0 Å². The van der Waals surface area contributed by atoms with Gasteiger partial charge in [0.05, 0.1) is 11.7 Å². The highest BCUT2D eigenvalue weighted by molar-refractivity contribution is 5.84. The molecule has 2 aromatic heterocycles. The van der Waals surface area contributed by atoms with Gasteiger partial charge in [0.25, 0.3) is 0 Å². The van der Waals surface area contributed by atoms with Crippen LogP contribution in [0.1, 0.15) is 17.0 Å². The second-order valence-electron chi connectivity index (χ2n) is 5.28. The molecule has 2 heterocycles. The molecule has 2 amide bonds. The maximum atomic E-state index is 10.7. The average molecular weight is 307 g/mol. The molecule has 23 heavy (non-hydrogen) atoms. The summed E-state index contributed by atoms with van der Waals surface area (Å²) in [6.07, 6.45) is 3.38. The summed E-state index contributed by atoms with van der Waals surface area (Å²) in [4.78, 5) is 15.0. The highest BCUT2D eigenvalue weighted by atomic mass is 16.2. The summed E-state index contributed by atoms with van der Waals surface area (Å²) in [5, 5.41) is 4.91. The van der Waals surface area contributed by atoms with Crippen LogP contribution >= 0.6 is 0 Å². The Morgan fingerprint density at radius 3 is 2.91 bits per heavy atom. The molecule has 0 spiro atoms.